The van der Waals surface area contributed by atoms with Crippen molar-refractivity contribution in [1.82, 2.24) is 5.32 Å². The van der Waals surface area contributed by atoms with E-state index in [2.05, 4.69) is 10.6 Å². The number of hydrogen-bond donors (Lipinski definition) is 3. The molecule has 7 nitrogen and oxygen atoms in total. The summed E-state index contributed by atoms with van der Waals surface area (Å²) < 4.78 is 10.6. The molecule has 1 aromatic carbocycles. The molecule has 4 N–H and O–H groups in total. The number of carbonyl (C=O) groups is 2. The highest BCUT2D eigenvalue weighted by Crippen LogP contribution is 2.16. The molecule has 0 saturated carbocycles. The van der Waals surface area contributed by atoms with Crippen LogP contribution in [0.3, 0.4) is 0 Å². The molecule has 1 atom stereocenters. The molecule has 0 aliphatic carbocycles. The van der Waals surface area contributed by atoms with Gasteiger partial charge in [0.05, 0.1) is 26.2 Å². The SMILES string of the molecule is Cl.NC(=O)CCOc1ccc(NC(=O)C2COCCN2)cc1. The van der Waals surface area contributed by atoms with E-state index in [-0.39, 0.29) is 37.4 Å². The van der Waals surface area contributed by atoms with Gasteiger partial charge in [-0.2, -0.15) is 0 Å². The average molecular weight is 330 g/mol. The summed E-state index contributed by atoms with van der Waals surface area (Å²) >= 11 is 0. The van der Waals surface area contributed by atoms with Crippen molar-refractivity contribution in [2.75, 3.05) is 31.7 Å². The van der Waals surface area contributed by atoms with Gasteiger partial charge in [-0.05, 0) is 24.3 Å². The number of benzene rings is 1. The zero-order chi connectivity index (χ0) is 15.1. The predicted molar refractivity (Wildman–Crippen MR) is 84.2 cm³/mol. The quantitative estimate of drug-likeness (QED) is 0.696. The Kier molecular flexibility index (Phi) is 7.65. The molecule has 1 aliphatic rings. The standard InChI is InChI=1S/C14H19N3O4.ClH/c15-13(18)5-7-21-11-3-1-10(2-4-11)17-14(19)12-9-20-8-6-16-12;/h1-4,12,16H,5-9H2,(H2,15,18)(H,17,19);1H. The van der Waals surface area contributed by atoms with Crippen LogP contribution >= 0.6 is 12.4 Å². The lowest BCUT2D eigenvalue weighted by Crippen LogP contribution is -2.48. The largest absolute Gasteiger partial charge is 0.493 e. The topological polar surface area (TPSA) is 103 Å². The van der Waals surface area contributed by atoms with Crippen LogP contribution in [0.15, 0.2) is 24.3 Å². The number of primary amides is 1. The molecule has 1 fully saturated rings. The zero-order valence-corrected chi connectivity index (χ0v) is 12.9. The molecule has 1 unspecified atom stereocenters. The van der Waals surface area contributed by atoms with Crippen molar-refractivity contribution in [2.24, 2.45) is 5.73 Å². The van der Waals surface area contributed by atoms with E-state index >= 15 is 0 Å². The van der Waals surface area contributed by atoms with Gasteiger partial charge in [-0.1, -0.05) is 0 Å². The van der Waals surface area contributed by atoms with Gasteiger partial charge in [0.25, 0.3) is 0 Å². The average Bonchev–Trinajstić information content (AvgIpc) is 2.49. The lowest BCUT2D eigenvalue weighted by Gasteiger charge is -2.22. The third-order valence-corrected chi connectivity index (χ3v) is 2.98. The second-order valence-corrected chi connectivity index (χ2v) is 4.66. The minimum atomic E-state index is -0.402. The van der Waals surface area contributed by atoms with Crippen molar-refractivity contribution in [3.8, 4) is 5.75 Å². The van der Waals surface area contributed by atoms with E-state index in [0.29, 0.717) is 31.2 Å². The summed E-state index contributed by atoms with van der Waals surface area (Å²) in [5.41, 5.74) is 5.70. The second kappa shape index (κ2) is 9.24. The molecule has 8 heteroatoms. The predicted octanol–water partition coefficient (Wildman–Crippen LogP) is 0.289. The van der Waals surface area contributed by atoms with E-state index in [1.807, 2.05) is 0 Å². The van der Waals surface area contributed by atoms with Gasteiger partial charge in [-0.15, -0.1) is 12.4 Å². The molecule has 0 aromatic heterocycles. The van der Waals surface area contributed by atoms with Gasteiger partial charge in [0, 0.05) is 12.2 Å². The van der Waals surface area contributed by atoms with Crippen molar-refractivity contribution in [1.29, 1.82) is 0 Å². The van der Waals surface area contributed by atoms with Crippen molar-refractivity contribution < 1.29 is 19.1 Å². The molecule has 122 valence electrons. The fraction of sp³-hybridized carbons (Fsp3) is 0.429. The molecule has 1 saturated heterocycles. The van der Waals surface area contributed by atoms with Crippen LogP contribution in [0, 0.1) is 0 Å². The fourth-order valence-electron chi connectivity index (χ4n) is 1.87. The molecule has 22 heavy (non-hydrogen) atoms. The molecule has 0 radical (unpaired) electrons. The Morgan fingerprint density at radius 2 is 2.09 bits per heavy atom. The Labute approximate surface area is 134 Å². The van der Waals surface area contributed by atoms with Crippen LogP contribution in [0.1, 0.15) is 6.42 Å². The third kappa shape index (κ3) is 5.88. The number of halogens is 1. The van der Waals surface area contributed by atoms with Gasteiger partial charge >= 0.3 is 0 Å². The highest BCUT2D eigenvalue weighted by Gasteiger charge is 2.20. The first-order valence-corrected chi connectivity index (χ1v) is 6.78. The maximum Gasteiger partial charge on any atom is 0.243 e. The lowest BCUT2D eigenvalue weighted by atomic mass is 10.2. The summed E-state index contributed by atoms with van der Waals surface area (Å²) in [4.78, 5) is 22.6. The van der Waals surface area contributed by atoms with Crippen molar-refractivity contribution in [3.05, 3.63) is 24.3 Å². The first-order chi connectivity index (χ1) is 10.1. The minimum absolute atomic E-state index is 0. The maximum atomic E-state index is 12.0. The highest BCUT2D eigenvalue weighted by molar-refractivity contribution is 5.95. The number of nitrogens with one attached hydrogen (secondary N) is 2. The first-order valence-electron chi connectivity index (χ1n) is 6.78. The Hall–Kier alpha value is -1.83. The van der Waals surface area contributed by atoms with Gasteiger partial charge in [0.2, 0.25) is 11.8 Å². The summed E-state index contributed by atoms with van der Waals surface area (Å²) in [6, 6.07) is 6.59. The number of hydrogen-bond acceptors (Lipinski definition) is 5. The molecule has 2 rings (SSSR count). The number of anilines is 1. The first kappa shape index (κ1) is 18.2. The number of ether oxygens (including phenoxy) is 2. The number of morpholine rings is 1. The minimum Gasteiger partial charge on any atom is -0.493 e. The van der Waals surface area contributed by atoms with E-state index in [4.69, 9.17) is 15.2 Å². The van der Waals surface area contributed by atoms with Crippen LogP contribution in [-0.2, 0) is 14.3 Å². The highest BCUT2D eigenvalue weighted by atomic mass is 35.5. The van der Waals surface area contributed by atoms with E-state index in [0.717, 1.165) is 0 Å². The monoisotopic (exact) mass is 329 g/mol. The molecular formula is C14H20ClN3O4. The Balaban J connectivity index is 0.00000242. The third-order valence-electron chi connectivity index (χ3n) is 2.98. The van der Waals surface area contributed by atoms with Crippen LogP contribution in [0.2, 0.25) is 0 Å². The van der Waals surface area contributed by atoms with Crippen LogP contribution in [-0.4, -0.2) is 44.2 Å². The van der Waals surface area contributed by atoms with Crippen molar-refractivity contribution in [2.45, 2.75) is 12.5 Å². The van der Waals surface area contributed by atoms with Crippen LogP contribution in [0.5, 0.6) is 5.75 Å². The second-order valence-electron chi connectivity index (χ2n) is 4.66. The Bertz CT molecular complexity index is 489. The fourth-order valence-corrected chi connectivity index (χ4v) is 1.87. The molecule has 1 aromatic rings. The van der Waals surface area contributed by atoms with Crippen LogP contribution in [0.25, 0.3) is 0 Å². The number of amides is 2. The van der Waals surface area contributed by atoms with E-state index in [1.165, 1.54) is 0 Å². The summed E-state index contributed by atoms with van der Waals surface area (Å²) in [6.07, 6.45) is 0.172. The van der Waals surface area contributed by atoms with Crippen molar-refractivity contribution in [3.63, 3.8) is 0 Å². The lowest BCUT2D eigenvalue weighted by molar-refractivity contribution is -0.121. The van der Waals surface area contributed by atoms with Crippen molar-refractivity contribution >= 4 is 29.9 Å². The molecule has 0 bridgehead atoms. The normalized spacial score (nSPS) is 17.2. The molecular weight excluding hydrogens is 310 g/mol. The van der Waals surface area contributed by atoms with Crippen LogP contribution < -0.4 is 21.1 Å². The van der Waals surface area contributed by atoms with Gasteiger partial charge in [0.15, 0.2) is 0 Å². The maximum absolute atomic E-state index is 12.0. The van der Waals surface area contributed by atoms with E-state index in [9.17, 15) is 9.59 Å². The smallest absolute Gasteiger partial charge is 0.243 e. The van der Waals surface area contributed by atoms with Crippen LogP contribution in [0.4, 0.5) is 5.69 Å². The molecule has 0 spiro atoms. The van der Waals surface area contributed by atoms with Gasteiger partial charge in [-0.3, -0.25) is 9.59 Å². The zero-order valence-electron chi connectivity index (χ0n) is 12.0. The summed E-state index contributed by atoms with van der Waals surface area (Å²) in [5, 5.41) is 5.89. The van der Waals surface area contributed by atoms with Gasteiger partial charge < -0.3 is 25.8 Å². The molecule has 1 aliphatic heterocycles. The summed E-state index contributed by atoms with van der Waals surface area (Å²) in [7, 11) is 0. The van der Waals surface area contributed by atoms with Gasteiger partial charge in [-0.25, -0.2) is 0 Å². The summed E-state index contributed by atoms with van der Waals surface area (Å²) in [6.45, 7) is 1.91. The Morgan fingerprint density at radius 1 is 1.36 bits per heavy atom. The Morgan fingerprint density at radius 3 is 2.68 bits per heavy atom. The number of nitrogens with two attached hydrogens (primary N) is 1. The van der Waals surface area contributed by atoms with Gasteiger partial charge in [0.1, 0.15) is 11.8 Å². The van der Waals surface area contributed by atoms with E-state index in [1.54, 1.807) is 24.3 Å². The number of rotatable bonds is 6. The molecule has 2 amide bonds. The van der Waals surface area contributed by atoms with E-state index < -0.39 is 5.91 Å². The summed E-state index contributed by atoms with van der Waals surface area (Å²) in [5.74, 6) is 0.0894. The number of carbonyl (C=O) groups excluding carboxylic acids is 2. The molecule has 1 heterocycles.